The van der Waals surface area contributed by atoms with Crippen LogP contribution in [0, 0.1) is 5.82 Å². The molecule has 3 heteroatoms. The van der Waals surface area contributed by atoms with E-state index >= 15 is 0 Å². The average molecular weight is 273 g/mol. The van der Waals surface area contributed by atoms with E-state index in [0.29, 0.717) is 12.1 Å². The lowest BCUT2D eigenvalue weighted by Crippen LogP contribution is -2.32. The molecule has 0 saturated heterocycles. The molecule has 2 aromatic carbocycles. The van der Waals surface area contributed by atoms with Crippen LogP contribution in [0.3, 0.4) is 0 Å². The van der Waals surface area contributed by atoms with Gasteiger partial charge in [0.05, 0.1) is 6.10 Å². The summed E-state index contributed by atoms with van der Waals surface area (Å²) in [6.45, 7) is 2.49. The van der Waals surface area contributed by atoms with Gasteiger partial charge in [-0.05, 0) is 36.6 Å². The summed E-state index contributed by atoms with van der Waals surface area (Å²) in [5.41, 5.74) is 1.86. The van der Waals surface area contributed by atoms with E-state index in [-0.39, 0.29) is 11.9 Å². The second kappa shape index (κ2) is 7.17. The maximum atomic E-state index is 13.1. The van der Waals surface area contributed by atoms with Crippen molar-refractivity contribution in [3.8, 4) is 0 Å². The normalized spacial score (nSPS) is 13.9. The van der Waals surface area contributed by atoms with Gasteiger partial charge >= 0.3 is 0 Å². The van der Waals surface area contributed by atoms with Crippen LogP contribution >= 0.6 is 0 Å². The number of hydrogen-bond acceptors (Lipinski definition) is 2. The fourth-order valence-corrected chi connectivity index (χ4v) is 2.18. The van der Waals surface area contributed by atoms with Crippen molar-refractivity contribution in [2.75, 3.05) is 6.54 Å². The Labute approximate surface area is 119 Å². The Morgan fingerprint density at radius 2 is 1.85 bits per heavy atom. The lowest BCUT2D eigenvalue weighted by atomic mass is 10.1. The van der Waals surface area contributed by atoms with E-state index < -0.39 is 6.10 Å². The molecule has 0 heterocycles. The number of aliphatic hydroxyl groups excluding tert-OH is 1. The van der Waals surface area contributed by atoms with Crippen molar-refractivity contribution in [2.24, 2.45) is 0 Å². The predicted octanol–water partition coefficient (Wildman–Crippen LogP) is 3.08. The van der Waals surface area contributed by atoms with Crippen molar-refractivity contribution >= 4 is 0 Å². The minimum atomic E-state index is -0.691. The first-order valence-corrected chi connectivity index (χ1v) is 6.86. The van der Waals surface area contributed by atoms with Crippen molar-refractivity contribution < 1.29 is 9.50 Å². The van der Waals surface area contributed by atoms with Gasteiger partial charge in [0.15, 0.2) is 0 Å². The lowest BCUT2D eigenvalue weighted by molar-refractivity contribution is 0.170. The van der Waals surface area contributed by atoms with E-state index in [1.54, 1.807) is 12.1 Å². The lowest BCUT2D eigenvalue weighted by Gasteiger charge is -2.17. The molecule has 2 nitrogen and oxygen atoms in total. The van der Waals surface area contributed by atoms with Gasteiger partial charge in [0, 0.05) is 12.6 Å². The SMILES string of the molecule is C[C@H](Cc1ccccc1)NC[C@H](O)c1cccc(F)c1. The molecule has 2 atom stereocenters. The first-order chi connectivity index (χ1) is 9.65. The largest absolute Gasteiger partial charge is 0.387 e. The van der Waals surface area contributed by atoms with Crippen molar-refractivity contribution in [1.82, 2.24) is 5.32 Å². The number of benzene rings is 2. The first kappa shape index (κ1) is 14.7. The van der Waals surface area contributed by atoms with E-state index in [1.165, 1.54) is 17.7 Å². The quantitative estimate of drug-likeness (QED) is 0.847. The predicted molar refractivity (Wildman–Crippen MR) is 79.0 cm³/mol. The van der Waals surface area contributed by atoms with Gasteiger partial charge in [-0.25, -0.2) is 4.39 Å². The molecule has 0 aliphatic rings. The summed E-state index contributed by atoms with van der Waals surface area (Å²) in [4.78, 5) is 0. The molecule has 0 saturated carbocycles. The van der Waals surface area contributed by atoms with Gasteiger partial charge in [-0.15, -0.1) is 0 Å². The standard InChI is InChI=1S/C17H20FNO/c1-13(10-14-6-3-2-4-7-14)19-12-17(20)15-8-5-9-16(18)11-15/h2-9,11,13,17,19-20H,10,12H2,1H3/t13-,17+/m1/s1. The van der Waals surface area contributed by atoms with Gasteiger partial charge in [-0.2, -0.15) is 0 Å². The summed E-state index contributed by atoms with van der Waals surface area (Å²) >= 11 is 0. The molecule has 0 unspecified atom stereocenters. The van der Waals surface area contributed by atoms with Crippen LogP contribution in [0.2, 0.25) is 0 Å². The zero-order valence-electron chi connectivity index (χ0n) is 11.6. The van der Waals surface area contributed by atoms with Gasteiger partial charge in [-0.1, -0.05) is 42.5 Å². The number of hydrogen-bond donors (Lipinski definition) is 2. The molecule has 2 rings (SSSR count). The first-order valence-electron chi connectivity index (χ1n) is 6.86. The zero-order chi connectivity index (χ0) is 14.4. The number of nitrogens with one attached hydrogen (secondary N) is 1. The van der Waals surface area contributed by atoms with Gasteiger partial charge in [0.25, 0.3) is 0 Å². The number of halogens is 1. The van der Waals surface area contributed by atoms with E-state index in [9.17, 15) is 9.50 Å². The van der Waals surface area contributed by atoms with Crippen molar-refractivity contribution in [1.29, 1.82) is 0 Å². The summed E-state index contributed by atoms with van der Waals surface area (Å²) < 4.78 is 13.1. The van der Waals surface area contributed by atoms with Gasteiger partial charge < -0.3 is 10.4 Å². The molecule has 0 aromatic heterocycles. The third-order valence-electron chi connectivity index (χ3n) is 3.28. The highest BCUT2D eigenvalue weighted by Crippen LogP contribution is 2.13. The molecular weight excluding hydrogens is 253 g/mol. The maximum Gasteiger partial charge on any atom is 0.123 e. The smallest absolute Gasteiger partial charge is 0.123 e. The monoisotopic (exact) mass is 273 g/mol. The van der Waals surface area contributed by atoms with Crippen LogP contribution in [-0.4, -0.2) is 17.7 Å². The minimum Gasteiger partial charge on any atom is -0.387 e. The highest BCUT2D eigenvalue weighted by molar-refractivity contribution is 5.19. The Hall–Kier alpha value is -1.71. The summed E-state index contributed by atoms with van der Waals surface area (Å²) in [6, 6.07) is 16.5. The summed E-state index contributed by atoms with van der Waals surface area (Å²) in [6.07, 6.45) is 0.209. The molecule has 2 aromatic rings. The Kier molecular flexibility index (Phi) is 5.27. The van der Waals surface area contributed by atoms with Crippen molar-refractivity contribution in [2.45, 2.75) is 25.5 Å². The summed E-state index contributed by atoms with van der Waals surface area (Å²) in [5, 5.41) is 13.3. The minimum absolute atomic E-state index is 0.251. The maximum absolute atomic E-state index is 13.1. The third-order valence-corrected chi connectivity index (χ3v) is 3.28. The molecule has 0 spiro atoms. The topological polar surface area (TPSA) is 32.3 Å². The number of rotatable bonds is 6. The summed E-state index contributed by atoms with van der Waals surface area (Å²) in [5.74, 6) is -0.320. The van der Waals surface area contributed by atoms with Crippen LogP contribution in [0.15, 0.2) is 54.6 Å². The molecule has 0 aliphatic heterocycles. The number of aliphatic hydroxyl groups is 1. The third kappa shape index (κ3) is 4.44. The van der Waals surface area contributed by atoms with Crippen LogP contribution in [0.1, 0.15) is 24.2 Å². The molecular formula is C17H20FNO. The van der Waals surface area contributed by atoms with Gasteiger partial charge in [0.1, 0.15) is 5.82 Å². The van der Waals surface area contributed by atoms with Gasteiger partial charge in [-0.3, -0.25) is 0 Å². The molecule has 0 fully saturated rings. The second-order valence-electron chi connectivity index (χ2n) is 5.07. The molecule has 20 heavy (non-hydrogen) atoms. The molecule has 0 aliphatic carbocycles. The van der Waals surface area contributed by atoms with Crippen LogP contribution in [0.25, 0.3) is 0 Å². The van der Waals surface area contributed by atoms with Crippen LogP contribution in [-0.2, 0) is 6.42 Å². The second-order valence-corrected chi connectivity index (χ2v) is 5.07. The average Bonchev–Trinajstić information content (AvgIpc) is 2.46. The highest BCUT2D eigenvalue weighted by atomic mass is 19.1. The zero-order valence-corrected chi connectivity index (χ0v) is 11.6. The molecule has 106 valence electrons. The Bertz CT molecular complexity index is 530. The van der Waals surface area contributed by atoms with E-state index in [4.69, 9.17) is 0 Å². The van der Waals surface area contributed by atoms with Crippen molar-refractivity contribution in [3.05, 3.63) is 71.5 Å². The fourth-order valence-electron chi connectivity index (χ4n) is 2.18. The highest BCUT2D eigenvalue weighted by Gasteiger charge is 2.10. The molecule has 0 radical (unpaired) electrons. The fraction of sp³-hybridized carbons (Fsp3) is 0.294. The van der Waals surface area contributed by atoms with Crippen LogP contribution in [0.5, 0.6) is 0 Å². The Morgan fingerprint density at radius 3 is 2.55 bits per heavy atom. The van der Waals surface area contributed by atoms with Crippen molar-refractivity contribution in [3.63, 3.8) is 0 Å². The summed E-state index contributed by atoms with van der Waals surface area (Å²) in [7, 11) is 0. The molecule has 2 N–H and O–H groups in total. The Morgan fingerprint density at radius 1 is 1.10 bits per heavy atom. The van der Waals surface area contributed by atoms with E-state index in [0.717, 1.165) is 6.42 Å². The van der Waals surface area contributed by atoms with E-state index in [2.05, 4.69) is 24.4 Å². The Balaban J connectivity index is 1.82. The van der Waals surface area contributed by atoms with Crippen LogP contribution in [0.4, 0.5) is 4.39 Å². The molecule has 0 amide bonds. The van der Waals surface area contributed by atoms with Gasteiger partial charge in [0.2, 0.25) is 0 Å². The van der Waals surface area contributed by atoms with E-state index in [1.807, 2.05) is 18.2 Å². The molecule has 0 bridgehead atoms. The van der Waals surface area contributed by atoms with Crippen LogP contribution < -0.4 is 5.32 Å².